The number of pyridine rings is 1. The largest absolute Gasteiger partial charge is 0.497 e. The number of ether oxygens (including phenoxy) is 1. The Kier molecular flexibility index (Phi) is 5.40. The van der Waals surface area contributed by atoms with Crippen LogP contribution in [0.1, 0.15) is 24.0 Å². The molecule has 0 aliphatic carbocycles. The molecule has 2 aliphatic rings. The third-order valence-electron chi connectivity index (χ3n) is 5.94. The van der Waals surface area contributed by atoms with Crippen LogP contribution in [0.25, 0.3) is 11.3 Å². The van der Waals surface area contributed by atoms with Crippen LogP contribution in [-0.2, 0) is 11.4 Å². The Morgan fingerprint density at radius 1 is 1.00 bits per heavy atom. The van der Waals surface area contributed by atoms with E-state index < -0.39 is 5.72 Å². The van der Waals surface area contributed by atoms with Crippen LogP contribution in [0.5, 0.6) is 5.75 Å². The predicted molar refractivity (Wildman–Crippen MR) is 121 cm³/mol. The smallest absolute Gasteiger partial charge is 0.190 e. The molecule has 6 heteroatoms. The van der Waals surface area contributed by atoms with Crippen molar-refractivity contribution < 1.29 is 9.57 Å². The van der Waals surface area contributed by atoms with Gasteiger partial charge in [0.2, 0.25) is 0 Å². The van der Waals surface area contributed by atoms with E-state index >= 15 is 0 Å². The van der Waals surface area contributed by atoms with Crippen molar-refractivity contribution in [1.29, 1.82) is 0 Å². The van der Waals surface area contributed by atoms with Gasteiger partial charge in [0.25, 0.3) is 0 Å². The molecule has 1 aromatic heterocycles. The minimum atomic E-state index is -0.478. The highest BCUT2D eigenvalue weighted by Crippen LogP contribution is 2.32. The molecule has 1 N–H and O–H groups in total. The zero-order valence-corrected chi connectivity index (χ0v) is 17.6. The molecule has 6 nitrogen and oxygen atoms in total. The fraction of sp³-hybridized carbons (Fsp3) is 0.280. The Labute approximate surface area is 182 Å². The third-order valence-corrected chi connectivity index (χ3v) is 5.94. The van der Waals surface area contributed by atoms with E-state index in [-0.39, 0.29) is 0 Å². The minimum Gasteiger partial charge on any atom is -0.497 e. The van der Waals surface area contributed by atoms with Gasteiger partial charge in [0.1, 0.15) is 5.75 Å². The van der Waals surface area contributed by atoms with Crippen LogP contribution in [0.4, 0.5) is 0 Å². The molecule has 0 unspecified atom stereocenters. The van der Waals surface area contributed by atoms with Crippen molar-refractivity contribution in [2.24, 2.45) is 4.99 Å². The number of hydrogen-bond donors (Lipinski definition) is 1. The molecule has 158 valence electrons. The lowest BCUT2D eigenvalue weighted by atomic mass is 10.0. The van der Waals surface area contributed by atoms with Gasteiger partial charge in [-0.3, -0.25) is 9.88 Å². The van der Waals surface area contributed by atoms with Gasteiger partial charge in [0, 0.05) is 49.8 Å². The number of piperidine rings is 1. The maximum atomic E-state index is 5.97. The van der Waals surface area contributed by atoms with E-state index in [1.165, 1.54) is 5.56 Å². The molecule has 3 heterocycles. The van der Waals surface area contributed by atoms with Gasteiger partial charge in [-0.2, -0.15) is 0 Å². The van der Waals surface area contributed by atoms with Gasteiger partial charge in [0.15, 0.2) is 11.6 Å². The Hall–Kier alpha value is -3.22. The summed E-state index contributed by atoms with van der Waals surface area (Å²) >= 11 is 0. The third kappa shape index (κ3) is 4.31. The second-order valence-electron chi connectivity index (χ2n) is 8.04. The molecule has 0 bridgehead atoms. The second-order valence-corrected chi connectivity index (χ2v) is 8.04. The average molecular weight is 415 g/mol. The molecule has 3 aromatic rings. The number of rotatable bonds is 5. The van der Waals surface area contributed by atoms with Gasteiger partial charge < -0.3 is 4.74 Å². The molecule has 0 saturated carbocycles. The minimum absolute atomic E-state index is 0.478. The van der Waals surface area contributed by atoms with Crippen LogP contribution in [-0.4, -0.2) is 41.6 Å². The highest BCUT2D eigenvalue weighted by atomic mass is 16.7. The first-order valence-corrected chi connectivity index (χ1v) is 10.6. The number of hydroxylamine groups is 1. The summed E-state index contributed by atoms with van der Waals surface area (Å²) in [6.07, 6.45) is 3.57. The normalized spacial score (nSPS) is 17.9. The standard InChI is InChI=1S/C25H26N4O2/c1-30-22-9-5-8-20(16-22)23-11-10-21(17-26-23)24-27-25(31-28-24)12-14-29(15-13-25)18-19-6-3-2-4-7-19/h2-11,16-17H,12-15,18H2,1H3,(H,27,28). The summed E-state index contributed by atoms with van der Waals surface area (Å²) in [4.78, 5) is 18.0. The topological polar surface area (TPSA) is 59.0 Å². The molecular weight excluding hydrogens is 388 g/mol. The summed E-state index contributed by atoms with van der Waals surface area (Å²) in [5, 5.41) is 0. The second kappa shape index (κ2) is 8.49. The molecule has 2 aliphatic heterocycles. The SMILES string of the molecule is COc1cccc(-c2ccc(C3=NC4(CCN(Cc5ccccc5)CC4)ON3)cn2)c1. The van der Waals surface area contributed by atoms with Crippen molar-refractivity contribution in [3.63, 3.8) is 0 Å². The first-order valence-electron chi connectivity index (χ1n) is 10.6. The van der Waals surface area contributed by atoms with Crippen LogP contribution in [0, 0.1) is 0 Å². The highest BCUT2D eigenvalue weighted by Gasteiger charge is 2.40. The first kappa shape index (κ1) is 19.7. The lowest BCUT2D eigenvalue weighted by Gasteiger charge is -2.35. The van der Waals surface area contributed by atoms with Gasteiger partial charge in [0.05, 0.1) is 12.8 Å². The molecule has 1 saturated heterocycles. The Morgan fingerprint density at radius 3 is 2.58 bits per heavy atom. The number of benzene rings is 2. The summed E-state index contributed by atoms with van der Waals surface area (Å²) in [6, 6.07) is 22.5. The van der Waals surface area contributed by atoms with Crippen LogP contribution in [0.2, 0.25) is 0 Å². The maximum Gasteiger partial charge on any atom is 0.190 e. The molecule has 2 aromatic carbocycles. The van der Waals surface area contributed by atoms with Crippen molar-refractivity contribution in [2.75, 3.05) is 20.2 Å². The Morgan fingerprint density at radius 2 is 1.84 bits per heavy atom. The van der Waals surface area contributed by atoms with Crippen molar-refractivity contribution >= 4 is 5.84 Å². The van der Waals surface area contributed by atoms with Crippen molar-refractivity contribution in [1.82, 2.24) is 15.4 Å². The van der Waals surface area contributed by atoms with Crippen molar-refractivity contribution in [3.05, 3.63) is 84.1 Å². The molecule has 1 spiro atoms. The van der Waals surface area contributed by atoms with E-state index in [1.807, 2.05) is 42.6 Å². The monoisotopic (exact) mass is 414 g/mol. The lowest BCUT2D eigenvalue weighted by molar-refractivity contribution is -0.0901. The van der Waals surface area contributed by atoms with Gasteiger partial charge in [-0.15, -0.1) is 0 Å². The number of methoxy groups -OCH3 is 1. The van der Waals surface area contributed by atoms with E-state index in [2.05, 4.69) is 45.7 Å². The molecule has 0 atom stereocenters. The Bertz CT molecular complexity index is 1060. The van der Waals surface area contributed by atoms with Crippen molar-refractivity contribution in [2.45, 2.75) is 25.1 Å². The van der Waals surface area contributed by atoms with E-state index in [4.69, 9.17) is 14.6 Å². The van der Waals surface area contributed by atoms with Crippen molar-refractivity contribution in [3.8, 4) is 17.0 Å². The molecule has 0 radical (unpaired) electrons. The van der Waals surface area contributed by atoms with Gasteiger partial charge in [-0.05, 0) is 29.8 Å². The fourth-order valence-corrected chi connectivity index (χ4v) is 4.12. The maximum absolute atomic E-state index is 5.97. The van der Waals surface area contributed by atoms with Gasteiger partial charge in [-0.25, -0.2) is 15.3 Å². The predicted octanol–water partition coefficient (Wildman–Crippen LogP) is 4.03. The number of aromatic nitrogens is 1. The average Bonchev–Trinajstić information content (AvgIpc) is 3.25. The Balaban J connectivity index is 1.25. The summed E-state index contributed by atoms with van der Waals surface area (Å²) in [7, 11) is 1.67. The zero-order valence-electron chi connectivity index (χ0n) is 17.6. The summed E-state index contributed by atoms with van der Waals surface area (Å²) in [5.74, 6) is 1.57. The molecular formula is C25H26N4O2. The van der Waals surface area contributed by atoms with Gasteiger partial charge in [-0.1, -0.05) is 42.5 Å². The summed E-state index contributed by atoms with van der Waals surface area (Å²) < 4.78 is 5.31. The van der Waals surface area contributed by atoms with Gasteiger partial charge >= 0.3 is 0 Å². The molecule has 31 heavy (non-hydrogen) atoms. The van der Waals surface area contributed by atoms with E-state index in [0.717, 1.165) is 60.9 Å². The number of aliphatic imine (C=N–C) groups is 1. The number of hydrogen-bond acceptors (Lipinski definition) is 6. The fourth-order valence-electron chi connectivity index (χ4n) is 4.12. The van der Waals surface area contributed by atoms with E-state index in [0.29, 0.717) is 0 Å². The summed E-state index contributed by atoms with van der Waals surface area (Å²) in [6.45, 7) is 2.89. The number of nitrogens with zero attached hydrogens (tertiary/aromatic N) is 3. The number of amidine groups is 1. The van der Waals surface area contributed by atoms with Crippen LogP contribution in [0.3, 0.4) is 0 Å². The number of likely N-dealkylation sites (tertiary alicyclic amines) is 1. The highest BCUT2D eigenvalue weighted by molar-refractivity contribution is 5.99. The van der Waals surface area contributed by atoms with E-state index in [9.17, 15) is 0 Å². The first-order chi connectivity index (χ1) is 15.2. The lowest BCUT2D eigenvalue weighted by Crippen LogP contribution is -2.44. The van der Waals surface area contributed by atoms with Crippen LogP contribution >= 0.6 is 0 Å². The van der Waals surface area contributed by atoms with Crippen LogP contribution in [0.15, 0.2) is 77.9 Å². The molecule has 0 amide bonds. The van der Waals surface area contributed by atoms with E-state index in [1.54, 1.807) is 7.11 Å². The number of nitrogens with one attached hydrogen (secondary N) is 1. The quantitative estimate of drug-likeness (QED) is 0.683. The summed E-state index contributed by atoms with van der Waals surface area (Å²) in [5.41, 5.74) is 6.75. The molecule has 1 fully saturated rings. The van der Waals surface area contributed by atoms with Crippen LogP contribution < -0.4 is 10.2 Å². The zero-order chi connectivity index (χ0) is 21.1. The molecule has 5 rings (SSSR count).